The van der Waals surface area contributed by atoms with Gasteiger partial charge in [-0.1, -0.05) is 32.0 Å². The van der Waals surface area contributed by atoms with Gasteiger partial charge in [0.25, 0.3) is 11.5 Å². The Balaban J connectivity index is 1.78. The van der Waals surface area contributed by atoms with Crippen molar-refractivity contribution in [2.75, 3.05) is 5.32 Å². The molecule has 3 aromatic rings. The molecule has 0 fully saturated rings. The van der Waals surface area contributed by atoms with Crippen molar-refractivity contribution in [2.45, 2.75) is 53.2 Å². The van der Waals surface area contributed by atoms with Gasteiger partial charge in [-0.05, 0) is 56.5 Å². The lowest BCUT2D eigenvalue weighted by atomic mass is 10.0. The van der Waals surface area contributed by atoms with E-state index in [9.17, 15) is 14.4 Å². The number of nitrogens with zero attached hydrogens (tertiary/aromatic N) is 2. The van der Waals surface area contributed by atoms with E-state index in [0.29, 0.717) is 29.0 Å². The molecule has 1 atom stereocenters. The van der Waals surface area contributed by atoms with Gasteiger partial charge in [0.2, 0.25) is 0 Å². The van der Waals surface area contributed by atoms with Gasteiger partial charge >= 0.3 is 5.97 Å². The molecule has 7 heteroatoms. The third-order valence-electron chi connectivity index (χ3n) is 5.15. The van der Waals surface area contributed by atoms with Gasteiger partial charge in [-0.25, -0.2) is 9.78 Å². The Bertz CT molecular complexity index is 1200. The minimum absolute atomic E-state index is 0.155. The molecule has 1 N–H and O–H groups in total. The second-order valence-electron chi connectivity index (χ2n) is 7.73. The quantitative estimate of drug-likeness (QED) is 0.607. The van der Waals surface area contributed by atoms with Gasteiger partial charge in [0.1, 0.15) is 5.69 Å². The van der Waals surface area contributed by atoms with Crippen molar-refractivity contribution in [2.24, 2.45) is 0 Å². The second-order valence-corrected chi connectivity index (χ2v) is 7.73. The summed E-state index contributed by atoms with van der Waals surface area (Å²) < 4.78 is 6.99. The first-order valence-corrected chi connectivity index (χ1v) is 10.3. The minimum atomic E-state index is -0.984. The maximum Gasteiger partial charge on any atom is 0.338 e. The normalized spacial score (nSPS) is 12.1. The molecule has 162 valence electrons. The highest BCUT2D eigenvalue weighted by molar-refractivity contribution is 5.98. The zero-order chi connectivity index (χ0) is 22.7. The van der Waals surface area contributed by atoms with Gasteiger partial charge in [0.05, 0.1) is 16.6 Å². The van der Waals surface area contributed by atoms with Gasteiger partial charge in [0.15, 0.2) is 6.10 Å². The molecule has 7 nitrogen and oxygen atoms in total. The summed E-state index contributed by atoms with van der Waals surface area (Å²) >= 11 is 0. The molecular formula is C24H27N3O4. The average molecular weight is 421 g/mol. The van der Waals surface area contributed by atoms with Crippen LogP contribution in [-0.2, 0) is 16.1 Å². The molecule has 0 spiro atoms. The highest BCUT2D eigenvalue weighted by Crippen LogP contribution is 2.24. The molecule has 1 heterocycles. The summed E-state index contributed by atoms with van der Waals surface area (Å²) in [7, 11) is 0. The fourth-order valence-electron chi connectivity index (χ4n) is 3.45. The maximum atomic E-state index is 12.6. The lowest BCUT2D eigenvalue weighted by Crippen LogP contribution is -2.30. The lowest BCUT2D eigenvalue weighted by molar-refractivity contribution is -0.123. The number of hydrogen-bond acceptors (Lipinski definition) is 5. The highest BCUT2D eigenvalue weighted by Gasteiger charge is 2.21. The smallest absolute Gasteiger partial charge is 0.338 e. The fraction of sp³-hybridized carbons (Fsp3) is 0.333. The third kappa shape index (κ3) is 4.66. The summed E-state index contributed by atoms with van der Waals surface area (Å²) in [4.78, 5) is 41.8. The Hall–Kier alpha value is -3.48. The number of anilines is 1. The van der Waals surface area contributed by atoms with Crippen molar-refractivity contribution in [3.05, 3.63) is 69.6 Å². The van der Waals surface area contributed by atoms with Crippen molar-refractivity contribution in [1.29, 1.82) is 0 Å². The number of nitrogens with one attached hydrogen (secondary N) is 1. The first-order chi connectivity index (χ1) is 14.7. The van der Waals surface area contributed by atoms with E-state index in [1.165, 1.54) is 6.92 Å². The third-order valence-corrected chi connectivity index (χ3v) is 5.15. The molecule has 31 heavy (non-hydrogen) atoms. The largest absolute Gasteiger partial charge is 0.449 e. The number of hydrogen-bond donors (Lipinski definition) is 1. The summed E-state index contributed by atoms with van der Waals surface area (Å²) in [5.41, 5.74) is 3.35. The summed E-state index contributed by atoms with van der Waals surface area (Å²) in [6.45, 7) is 9.63. The van der Waals surface area contributed by atoms with Crippen LogP contribution in [0.2, 0.25) is 0 Å². The van der Waals surface area contributed by atoms with Crippen LogP contribution in [-0.4, -0.2) is 27.5 Å². The van der Waals surface area contributed by atoms with Gasteiger partial charge in [-0.3, -0.25) is 9.59 Å². The Kier molecular flexibility index (Phi) is 6.53. The van der Waals surface area contributed by atoms with Gasteiger partial charge in [0, 0.05) is 12.2 Å². The summed E-state index contributed by atoms with van der Waals surface area (Å²) in [5, 5.41) is 2.84. The van der Waals surface area contributed by atoms with Crippen LogP contribution in [0.15, 0.2) is 47.3 Å². The highest BCUT2D eigenvalue weighted by atomic mass is 16.5. The number of esters is 1. The van der Waals surface area contributed by atoms with Crippen LogP contribution in [0.3, 0.4) is 0 Å². The molecule has 0 aliphatic rings. The van der Waals surface area contributed by atoms with Crippen molar-refractivity contribution >= 4 is 28.6 Å². The second kappa shape index (κ2) is 9.12. The van der Waals surface area contributed by atoms with Crippen molar-refractivity contribution in [3.63, 3.8) is 0 Å². The van der Waals surface area contributed by atoms with Crippen LogP contribution in [0.4, 0.5) is 5.69 Å². The van der Waals surface area contributed by atoms with E-state index >= 15 is 0 Å². The van der Waals surface area contributed by atoms with E-state index in [2.05, 4.69) is 10.3 Å². The Morgan fingerprint density at radius 3 is 2.52 bits per heavy atom. The summed E-state index contributed by atoms with van der Waals surface area (Å²) in [5.74, 6) is -0.796. The number of ether oxygens (including phenoxy) is 1. The fourth-order valence-corrected chi connectivity index (χ4v) is 3.45. The molecule has 0 unspecified atom stereocenters. The van der Waals surface area contributed by atoms with Gasteiger partial charge in [-0.15, -0.1) is 0 Å². The van der Waals surface area contributed by atoms with Crippen LogP contribution >= 0.6 is 0 Å². The van der Waals surface area contributed by atoms with E-state index in [-0.39, 0.29) is 17.0 Å². The van der Waals surface area contributed by atoms with Crippen LogP contribution in [0.25, 0.3) is 11.0 Å². The predicted octanol–water partition coefficient (Wildman–Crippen LogP) is 4.03. The Morgan fingerprint density at radius 2 is 1.84 bits per heavy atom. The minimum Gasteiger partial charge on any atom is -0.449 e. The molecule has 0 saturated carbocycles. The summed E-state index contributed by atoms with van der Waals surface area (Å²) in [6, 6.07) is 12.4. The zero-order valence-electron chi connectivity index (χ0n) is 18.4. The molecule has 0 aliphatic carbocycles. The predicted molar refractivity (Wildman–Crippen MR) is 120 cm³/mol. The van der Waals surface area contributed by atoms with Gasteiger partial charge in [-0.2, -0.15) is 0 Å². The standard InChI is InChI=1S/C24H27N3O4/c1-6-27-21-12-11-17(13-20(21)25-15(4)23(27)29)24(30)31-16(5)22(28)26-19-10-8-7-9-18(19)14(2)3/h7-14,16H,6H2,1-5H3,(H,26,28)/t16-/m0/s1. The number of carbonyl (C=O) groups is 2. The monoisotopic (exact) mass is 421 g/mol. The van der Waals surface area contributed by atoms with E-state index in [1.807, 2.05) is 45.0 Å². The molecule has 3 rings (SSSR count). The Labute approximate surface area is 181 Å². The van der Waals surface area contributed by atoms with Crippen molar-refractivity contribution in [3.8, 4) is 0 Å². The molecule has 2 aromatic carbocycles. The number of fused-ring (bicyclic) bond motifs is 1. The van der Waals surface area contributed by atoms with E-state index in [4.69, 9.17) is 4.74 Å². The number of benzene rings is 2. The first-order valence-electron chi connectivity index (χ1n) is 10.3. The van der Waals surface area contributed by atoms with Crippen molar-refractivity contribution in [1.82, 2.24) is 9.55 Å². The molecule has 1 aromatic heterocycles. The van der Waals surface area contributed by atoms with E-state index < -0.39 is 18.0 Å². The molecule has 0 saturated heterocycles. The summed E-state index contributed by atoms with van der Waals surface area (Å²) in [6.07, 6.45) is -0.984. The number of aryl methyl sites for hydroxylation is 2. The van der Waals surface area contributed by atoms with Crippen LogP contribution in [0, 0.1) is 6.92 Å². The zero-order valence-corrected chi connectivity index (χ0v) is 18.4. The molecule has 1 amide bonds. The first kappa shape index (κ1) is 22.2. The van der Waals surface area contributed by atoms with E-state index in [0.717, 1.165) is 5.56 Å². The number of amides is 1. The molecular weight excluding hydrogens is 394 g/mol. The number of rotatable bonds is 6. The topological polar surface area (TPSA) is 90.3 Å². The van der Waals surface area contributed by atoms with Crippen molar-refractivity contribution < 1.29 is 14.3 Å². The van der Waals surface area contributed by atoms with Gasteiger partial charge < -0.3 is 14.6 Å². The van der Waals surface area contributed by atoms with Crippen LogP contribution in [0.1, 0.15) is 55.2 Å². The number of para-hydroxylation sites is 1. The number of aromatic nitrogens is 2. The average Bonchev–Trinajstić information content (AvgIpc) is 2.74. The van der Waals surface area contributed by atoms with Crippen LogP contribution in [0.5, 0.6) is 0 Å². The van der Waals surface area contributed by atoms with Crippen LogP contribution < -0.4 is 10.9 Å². The number of carbonyl (C=O) groups excluding carboxylic acids is 2. The Morgan fingerprint density at radius 1 is 1.13 bits per heavy atom. The van der Waals surface area contributed by atoms with E-state index in [1.54, 1.807) is 29.7 Å². The molecule has 0 bridgehead atoms. The maximum absolute atomic E-state index is 12.6. The molecule has 0 aliphatic heterocycles. The SMILES string of the molecule is CCn1c(=O)c(C)nc2cc(C(=O)O[C@@H](C)C(=O)Nc3ccccc3C(C)C)ccc21. The molecule has 0 radical (unpaired) electrons. The lowest BCUT2D eigenvalue weighted by Gasteiger charge is -2.17.